The first-order valence-electron chi connectivity index (χ1n) is 36.0. The van der Waals surface area contributed by atoms with Gasteiger partial charge in [-0.2, -0.15) is 19.2 Å². The van der Waals surface area contributed by atoms with Crippen molar-refractivity contribution in [3.63, 3.8) is 0 Å². The molecule has 21 nitrogen and oxygen atoms in total. The normalized spacial score (nSPS) is 19.6. The SMILES string of the molecule is CCC1=CC(C)(C)[N+]2=c3c1cc1c(c3CCC2)Oc2c(cc3c4c2CCCN4C(C)(C)C=C3CS(=O)(=O)[O-])C=1c1c(Cl)ccc(Cl)c1C(=O)[O-].CCC1CC(C)(C)[N+]2=c3c1cc1c(c3CCC2)Oc2c(cc3c4c2CCCN4C(C)(C)CC3CS(=O)(=O)[O-])C=1c1c(Cl)ccc(Cl)c1C(=O)[O-].CO.O=C=O.O=C=O. The number of carbonyl (C=O) groups is 2. The molecule has 0 aromatic heterocycles. The first-order chi connectivity index (χ1) is 50.9. The Morgan fingerprint density at radius 3 is 1.57 bits per heavy atom. The summed E-state index contributed by atoms with van der Waals surface area (Å²) in [6.45, 7) is 25.0. The van der Waals surface area contributed by atoms with Crippen LogP contribution in [0.2, 0.25) is 20.1 Å². The third-order valence-corrected chi connectivity index (χ3v) is 25.7. The fourth-order valence-corrected chi connectivity index (χ4v) is 21.4. The molecule has 16 rings (SSSR count). The molecule has 6 aromatic carbocycles. The van der Waals surface area contributed by atoms with Gasteiger partial charge in [-0.1, -0.05) is 66.3 Å². The Balaban J connectivity index is 0.000000184. The molecule has 1 N–H and O–H groups in total. The van der Waals surface area contributed by atoms with Gasteiger partial charge in [0.15, 0.2) is 11.1 Å². The maximum atomic E-state index is 12.9. The number of carbonyl (C=O) groups excluding carboxylic acids is 6. The Kier molecular flexibility index (Phi) is 21.6. The van der Waals surface area contributed by atoms with Crippen molar-refractivity contribution >= 4 is 125 Å². The molecule has 0 spiro atoms. The van der Waals surface area contributed by atoms with Crippen LogP contribution in [0.5, 0.6) is 23.0 Å². The number of benzene rings is 6. The first kappa shape index (κ1) is 79.5. The predicted octanol–water partition coefficient (Wildman–Crippen LogP) is 9.03. The molecule has 570 valence electrons. The summed E-state index contributed by atoms with van der Waals surface area (Å²) in [6, 6.07) is 14.2. The average molecular weight is 1590 g/mol. The number of hydrogen-bond acceptors (Lipinski definition) is 19. The number of ether oxygens (including phenoxy) is 2. The fourth-order valence-electron chi connectivity index (χ4n) is 19.1. The summed E-state index contributed by atoms with van der Waals surface area (Å²) in [6.07, 6.45) is 14.2. The summed E-state index contributed by atoms with van der Waals surface area (Å²) in [7, 11) is -8.22. The molecule has 108 heavy (non-hydrogen) atoms. The second-order valence-corrected chi connectivity index (χ2v) is 35.6. The number of halogens is 4. The first-order valence-corrected chi connectivity index (χ1v) is 40.7. The van der Waals surface area contributed by atoms with E-state index in [1.165, 1.54) is 28.6 Å². The van der Waals surface area contributed by atoms with Crippen molar-refractivity contribution in [3.8, 4) is 23.0 Å². The molecule has 2 atom stereocenters. The standard InChI is InChI=1S/C39H42Cl2N2O6S.C39H38Cl2N2O6S.2CO2.CH4O/c2*1-6-20-17-38(2,3)42-13-7-9-22-33(42)24(20)15-26-30(31-28(40)11-12-29(41)32(31)37(44)45)27-16-25-21(19-50(46,47)48)18-39(4,5)43-14-8-10-23(34(25)43)36(27)49-35(22)26;2*2-1-3;1-2/h11-12,15-16,20-21H,6-10,13-14,17-19H2,1-5H3,(H-,44,45,46,47,48);11-12,15-18H,6-10,13-14,19H2,1-5H3,(H-,44,45,46,47,48);;;2H,1H3/p-2. The summed E-state index contributed by atoms with van der Waals surface area (Å²) in [5.74, 6) is -1.88. The lowest BCUT2D eigenvalue weighted by Crippen LogP contribution is -2.56. The zero-order valence-electron chi connectivity index (χ0n) is 61.8. The van der Waals surface area contributed by atoms with Crippen LogP contribution in [0, 0.1) is 0 Å². The molecule has 0 bridgehead atoms. The highest BCUT2D eigenvalue weighted by molar-refractivity contribution is 7.86. The number of aliphatic hydroxyl groups excluding tert-OH is 1. The Bertz CT molecular complexity index is 5560. The van der Waals surface area contributed by atoms with Crippen LogP contribution in [0.1, 0.15) is 220 Å². The Morgan fingerprint density at radius 1 is 0.565 bits per heavy atom. The molecule has 10 aliphatic heterocycles. The number of nitrogens with zero attached hydrogens (tertiary/aromatic N) is 4. The van der Waals surface area contributed by atoms with E-state index in [9.17, 15) is 45.7 Å². The number of aromatic carboxylic acids is 2. The van der Waals surface area contributed by atoms with Crippen LogP contribution in [-0.4, -0.2) is 122 Å². The van der Waals surface area contributed by atoms with Crippen molar-refractivity contribution in [2.75, 3.05) is 54.6 Å². The molecular formula is C81H82Cl4N4O17S2-2. The zero-order chi connectivity index (χ0) is 78.7. The molecule has 0 amide bonds. The number of carboxylic acids is 2. The molecule has 27 heteroatoms. The number of aliphatic hydroxyl groups is 1. The minimum absolute atomic E-state index is 0.00713. The van der Waals surface area contributed by atoms with Crippen molar-refractivity contribution < 1.29 is 79.5 Å². The van der Waals surface area contributed by atoms with Crippen LogP contribution in [-0.2, 0) is 65.1 Å². The molecule has 0 fully saturated rings. The maximum absolute atomic E-state index is 12.9. The van der Waals surface area contributed by atoms with Crippen molar-refractivity contribution in [1.29, 1.82) is 0 Å². The van der Waals surface area contributed by atoms with Gasteiger partial charge in [0.2, 0.25) is 10.7 Å². The maximum Gasteiger partial charge on any atom is 0.373 e. The summed E-state index contributed by atoms with van der Waals surface area (Å²) in [5.41, 5.74) is 12.0. The number of rotatable bonds is 10. The van der Waals surface area contributed by atoms with Gasteiger partial charge in [0.05, 0.1) is 75.9 Å². The lowest BCUT2D eigenvalue weighted by atomic mass is 9.74. The van der Waals surface area contributed by atoms with Gasteiger partial charge in [-0.15, -0.1) is 0 Å². The number of carboxylic acid groups (broad SMARTS) is 2. The van der Waals surface area contributed by atoms with Crippen LogP contribution in [0.3, 0.4) is 0 Å². The van der Waals surface area contributed by atoms with Crippen LogP contribution < -0.4 is 59.8 Å². The second kappa shape index (κ2) is 29.3. The highest BCUT2D eigenvalue weighted by Crippen LogP contribution is 2.57. The van der Waals surface area contributed by atoms with E-state index < -0.39 is 60.7 Å². The number of fused-ring (bicyclic) bond motifs is 8. The highest BCUT2D eigenvalue weighted by atomic mass is 35.5. The molecule has 0 aliphatic carbocycles. The number of allylic oxidation sites excluding steroid dienone is 1. The highest BCUT2D eigenvalue weighted by Gasteiger charge is 2.49. The van der Waals surface area contributed by atoms with Crippen LogP contribution in [0.4, 0.5) is 11.4 Å². The van der Waals surface area contributed by atoms with Crippen LogP contribution in [0.25, 0.3) is 22.3 Å². The summed E-state index contributed by atoms with van der Waals surface area (Å²) in [5, 5.41) is 37.0. The van der Waals surface area contributed by atoms with E-state index in [0.29, 0.717) is 80.9 Å². The quantitative estimate of drug-likeness (QED) is 0.0985. The predicted molar refractivity (Wildman–Crippen MR) is 404 cm³/mol. The zero-order valence-corrected chi connectivity index (χ0v) is 66.4. The topological polar surface area (TPSA) is 314 Å². The molecule has 0 saturated carbocycles. The van der Waals surface area contributed by atoms with E-state index in [4.69, 9.17) is 80.2 Å². The van der Waals surface area contributed by atoms with Gasteiger partial charge in [0.1, 0.15) is 36.1 Å². The lowest BCUT2D eigenvalue weighted by molar-refractivity contribution is -0.256. The fraction of sp³-hybridized carbons (Fsp3) is 0.432. The summed E-state index contributed by atoms with van der Waals surface area (Å²) < 4.78 is 93.3. The molecule has 10 aliphatic rings. The van der Waals surface area contributed by atoms with Crippen LogP contribution in [0.15, 0.2) is 60.7 Å². The van der Waals surface area contributed by atoms with Gasteiger partial charge >= 0.3 is 12.3 Å². The second-order valence-electron chi connectivity index (χ2n) is 31.1. The van der Waals surface area contributed by atoms with Crippen molar-refractivity contribution in [1.82, 2.24) is 9.15 Å². The molecular weight excluding hydrogens is 1510 g/mol. The van der Waals surface area contributed by atoms with Gasteiger partial charge in [0, 0.05) is 163 Å². The summed E-state index contributed by atoms with van der Waals surface area (Å²) >= 11 is 27.3. The number of anilines is 2. The van der Waals surface area contributed by atoms with Gasteiger partial charge in [-0.05, 0) is 177 Å². The van der Waals surface area contributed by atoms with Crippen LogP contribution >= 0.6 is 46.4 Å². The average Bonchev–Trinajstić information content (AvgIpc) is 0.701. The Morgan fingerprint density at radius 2 is 1.06 bits per heavy atom. The van der Waals surface area contributed by atoms with E-state index in [0.717, 1.165) is 146 Å². The van der Waals surface area contributed by atoms with Crippen molar-refractivity contribution in [3.05, 3.63) is 180 Å². The number of hydrogen-bond donors (Lipinski definition) is 1. The van der Waals surface area contributed by atoms with Crippen molar-refractivity contribution in [2.45, 2.75) is 180 Å². The molecule has 0 saturated heterocycles. The van der Waals surface area contributed by atoms with E-state index in [1.807, 2.05) is 32.1 Å². The third kappa shape index (κ3) is 13.6. The molecule has 6 aromatic rings. The van der Waals surface area contributed by atoms with Crippen molar-refractivity contribution in [2.24, 2.45) is 0 Å². The minimum atomic E-state index is -4.65. The van der Waals surface area contributed by atoms with E-state index in [1.54, 1.807) is 12.1 Å². The Labute approximate surface area is 646 Å². The molecule has 2 unspecified atom stereocenters. The molecule has 10 heterocycles. The third-order valence-electron chi connectivity index (χ3n) is 22.9. The van der Waals surface area contributed by atoms with Gasteiger partial charge in [0.25, 0.3) is 0 Å². The monoisotopic (exact) mass is 1590 g/mol. The smallest absolute Gasteiger partial charge is 0.373 e. The Hall–Kier alpha value is -8.02. The van der Waals surface area contributed by atoms with Gasteiger partial charge < -0.3 is 53.3 Å². The summed E-state index contributed by atoms with van der Waals surface area (Å²) in [4.78, 5) is 62.9. The lowest BCUT2D eigenvalue weighted by Gasteiger charge is -2.51. The largest absolute Gasteiger partial charge is 0.748 e. The van der Waals surface area contributed by atoms with E-state index >= 15 is 0 Å². The van der Waals surface area contributed by atoms with Gasteiger partial charge in [-0.3, -0.25) is 0 Å². The van der Waals surface area contributed by atoms with E-state index in [-0.39, 0.29) is 71.6 Å². The van der Waals surface area contributed by atoms with E-state index in [2.05, 4.69) is 92.5 Å². The van der Waals surface area contributed by atoms with Gasteiger partial charge in [-0.25, -0.2) is 26.0 Å². The molecule has 0 radical (unpaired) electrons. The minimum Gasteiger partial charge on any atom is -0.748 e.